The van der Waals surface area contributed by atoms with Gasteiger partial charge < -0.3 is 10.1 Å². The Hall–Kier alpha value is -2.91. The lowest BCUT2D eigenvalue weighted by molar-refractivity contribution is 0.0895. The fourth-order valence-corrected chi connectivity index (χ4v) is 4.16. The highest BCUT2D eigenvalue weighted by molar-refractivity contribution is 9.10. The first-order chi connectivity index (χ1) is 14.1. The molecule has 5 nitrogen and oxygen atoms in total. The van der Waals surface area contributed by atoms with Gasteiger partial charge in [0, 0.05) is 27.7 Å². The third-order valence-corrected chi connectivity index (χ3v) is 5.90. The predicted octanol–water partition coefficient (Wildman–Crippen LogP) is 4.99. The van der Waals surface area contributed by atoms with Gasteiger partial charge in [0.15, 0.2) is 0 Å². The van der Waals surface area contributed by atoms with E-state index in [1.54, 1.807) is 30.5 Å². The van der Waals surface area contributed by atoms with E-state index in [2.05, 4.69) is 32.3 Å². The van der Waals surface area contributed by atoms with Crippen LogP contribution in [0.3, 0.4) is 0 Å². The number of amides is 1. The van der Waals surface area contributed by atoms with E-state index in [-0.39, 0.29) is 18.1 Å². The van der Waals surface area contributed by atoms with Crippen LogP contribution < -0.4 is 10.1 Å². The third-order valence-electron chi connectivity index (χ3n) is 5.26. The highest BCUT2D eigenvalue weighted by Gasteiger charge is 2.24. The number of nitrogens with zero attached hydrogens (tertiary/aromatic N) is 2. The molecule has 0 aliphatic heterocycles. The topological polar surface area (TPSA) is 75.0 Å². The molecule has 0 bridgehead atoms. The van der Waals surface area contributed by atoms with Crippen LogP contribution in [0.4, 0.5) is 0 Å². The van der Waals surface area contributed by atoms with Crippen LogP contribution >= 0.6 is 15.9 Å². The zero-order valence-electron chi connectivity index (χ0n) is 15.8. The molecular formula is C23H20BrN3O2. The highest BCUT2D eigenvalue weighted by Crippen LogP contribution is 2.31. The molecule has 146 valence electrons. The number of benzene rings is 2. The molecule has 4 rings (SSSR count). The smallest absolute Gasteiger partial charge is 0.251 e. The maximum Gasteiger partial charge on any atom is 0.251 e. The van der Waals surface area contributed by atoms with E-state index < -0.39 is 0 Å². The second-order valence-corrected chi connectivity index (χ2v) is 8.05. The molecule has 1 amide bonds. The predicted molar refractivity (Wildman–Crippen MR) is 115 cm³/mol. The van der Waals surface area contributed by atoms with Gasteiger partial charge in [0.05, 0.1) is 23.3 Å². The third kappa shape index (κ3) is 4.41. The summed E-state index contributed by atoms with van der Waals surface area (Å²) in [6.45, 7) is 0. The van der Waals surface area contributed by atoms with Crippen LogP contribution in [-0.2, 0) is 0 Å². The fourth-order valence-electron chi connectivity index (χ4n) is 3.69. The second-order valence-electron chi connectivity index (χ2n) is 7.20. The van der Waals surface area contributed by atoms with Crippen LogP contribution in [0.2, 0.25) is 0 Å². The van der Waals surface area contributed by atoms with Crippen LogP contribution in [0.5, 0.6) is 5.75 Å². The average molecular weight is 450 g/mol. The molecule has 0 unspecified atom stereocenters. The number of rotatable bonds is 4. The monoisotopic (exact) mass is 449 g/mol. The standard InChI is InChI=1S/C23H20BrN3O2/c24-20-3-1-2-19-21(12-13-26-22(19)20)29-18-10-8-17(9-11-18)27-23(28)16-6-4-15(14-25)5-7-16/h1-7,12-13,17-18H,8-11H2,(H,27,28). The summed E-state index contributed by atoms with van der Waals surface area (Å²) in [4.78, 5) is 16.9. The van der Waals surface area contributed by atoms with Gasteiger partial charge in [-0.1, -0.05) is 6.07 Å². The average Bonchev–Trinajstić information content (AvgIpc) is 2.76. The number of hydrogen-bond donors (Lipinski definition) is 1. The normalized spacial score (nSPS) is 18.8. The van der Waals surface area contributed by atoms with Crippen LogP contribution in [0, 0.1) is 11.3 Å². The molecule has 6 heteroatoms. The van der Waals surface area contributed by atoms with Crippen molar-refractivity contribution in [1.82, 2.24) is 10.3 Å². The number of hydrogen-bond acceptors (Lipinski definition) is 4. The van der Waals surface area contributed by atoms with Crippen molar-refractivity contribution in [2.75, 3.05) is 0 Å². The molecule has 1 heterocycles. The van der Waals surface area contributed by atoms with E-state index >= 15 is 0 Å². The van der Waals surface area contributed by atoms with Crippen molar-refractivity contribution < 1.29 is 9.53 Å². The molecule has 1 saturated carbocycles. The largest absolute Gasteiger partial charge is 0.490 e. The fraction of sp³-hybridized carbons (Fsp3) is 0.261. The van der Waals surface area contributed by atoms with Gasteiger partial charge >= 0.3 is 0 Å². The van der Waals surface area contributed by atoms with Gasteiger partial charge in [-0.05, 0) is 84.1 Å². The number of carbonyl (C=O) groups is 1. The summed E-state index contributed by atoms with van der Waals surface area (Å²) in [6.07, 6.45) is 5.42. The van der Waals surface area contributed by atoms with E-state index in [1.807, 2.05) is 24.3 Å². The van der Waals surface area contributed by atoms with Crippen molar-refractivity contribution in [1.29, 1.82) is 5.26 Å². The first-order valence-corrected chi connectivity index (χ1v) is 10.4. The number of nitrogens with one attached hydrogen (secondary N) is 1. The van der Waals surface area contributed by atoms with Crippen LogP contribution in [0.1, 0.15) is 41.6 Å². The number of fused-ring (bicyclic) bond motifs is 1. The minimum absolute atomic E-state index is 0.0937. The molecule has 0 atom stereocenters. The van der Waals surface area contributed by atoms with E-state index in [4.69, 9.17) is 10.00 Å². The summed E-state index contributed by atoms with van der Waals surface area (Å²) in [6, 6.07) is 16.8. The van der Waals surface area contributed by atoms with Crippen LogP contribution in [-0.4, -0.2) is 23.0 Å². The SMILES string of the molecule is N#Cc1ccc(C(=O)NC2CCC(Oc3ccnc4c(Br)cccc34)CC2)cc1. The van der Waals surface area contributed by atoms with Gasteiger partial charge in [-0.25, -0.2) is 0 Å². The maximum absolute atomic E-state index is 12.4. The van der Waals surface area contributed by atoms with Crippen LogP contribution in [0.15, 0.2) is 59.2 Å². The zero-order valence-corrected chi connectivity index (χ0v) is 17.4. The molecule has 29 heavy (non-hydrogen) atoms. The highest BCUT2D eigenvalue weighted by atomic mass is 79.9. The van der Waals surface area contributed by atoms with Gasteiger partial charge in [-0.2, -0.15) is 5.26 Å². The van der Waals surface area contributed by atoms with Gasteiger partial charge in [-0.3, -0.25) is 9.78 Å². The second kappa shape index (κ2) is 8.62. The summed E-state index contributed by atoms with van der Waals surface area (Å²) in [5, 5.41) is 13.0. The molecular weight excluding hydrogens is 430 g/mol. The molecule has 1 aromatic heterocycles. The quantitative estimate of drug-likeness (QED) is 0.608. The molecule has 1 fully saturated rings. The van der Waals surface area contributed by atoms with Gasteiger partial charge in [0.2, 0.25) is 0 Å². The van der Waals surface area contributed by atoms with Gasteiger partial charge in [-0.15, -0.1) is 0 Å². The van der Waals surface area contributed by atoms with Gasteiger partial charge in [0.25, 0.3) is 5.91 Å². The van der Waals surface area contributed by atoms with Crippen molar-refractivity contribution in [2.45, 2.75) is 37.8 Å². The lowest BCUT2D eigenvalue weighted by Crippen LogP contribution is -2.39. The maximum atomic E-state index is 12.4. The summed E-state index contributed by atoms with van der Waals surface area (Å²) in [7, 11) is 0. The van der Waals surface area contributed by atoms with E-state index in [9.17, 15) is 4.79 Å². The Bertz CT molecular complexity index is 1070. The number of ether oxygens (including phenoxy) is 1. The minimum Gasteiger partial charge on any atom is -0.490 e. The Morgan fingerprint density at radius 1 is 1.10 bits per heavy atom. The number of halogens is 1. The lowest BCUT2D eigenvalue weighted by Gasteiger charge is -2.29. The van der Waals surface area contributed by atoms with Crippen molar-refractivity contribution in [2.24, 2.45) is 0 Å². The number of aromatic nitrogens is 1. The first-order valence-electron chi connectivity index (χ1n) is 9.65. The molecule has 0 saturated heterocycles. The Kier molecular flexibility index (Phi) is 5.77. The summed E-state index contributed by atoms with van der Waals surface area (Å²) in [5.41, 5.74) is 2.03. The Morgan fingerprint density at radius 3 is 2.59 bits per heavy atom. The lowest BCUT2D eigenvalue weighted by atomic mass is 9.92. The number of nitriles is 1. The molecule has 1 aliphatic rings. The number of para-hydroxylation sites is 1. The summed E-state index contributed by atoms with van der Waals surface area (Å²) < 4.78 is 7.24. The first kappa shape index (κ1) is 19.4. The number of carbonyl (C=O) groups excluding carboxylic acids is 1. The molecule has 1 N–H and O–H groups in total. The zero-order chi connectivity index (χ0) is 20.2. The van der Waals surface area contributed by atoms with Crippen molar-refractivity contribution in [3.8, 4) is 11.8 Å². The Morgan fingerprint density at radius 2 is 1.86 bits per heavy atom. The molecule has 2 aromatic carbocycles. The molecule has 0 radical (unpaired) electrons. The van der Waals surface area contributed by atoms with E-state index in [0.717, 1.165) is 46.8 Å². The van der Waals surface area contributed by atoms with Crippen molar-refractivity contribution in [3.05, 3.63) is 70.3 Å². The summed E-state index contributed by atoms with van der Waals surface area (Å²) in [5.74, 6) is 0.755. The number of pyridine rings is 1. The Labute approximate surface area is 177 Å². The van der Waals surface area contributed by atoms with Gasteiger partial charge in [0.1, 0.15) is 5.75 Å². The van der Waals surface area contributed by atoms with E-state index in [1.165, 1.54) is 0 Å². The van der Waals surface area contributed by atoms with Crippen LogP contribution in [0.25, 0.3) is 10.9 Å². The minimum atomic E-state index is -0.0937. The van der Waals surface area contributed by atoms with Crippen molar-refractivity contribution >= 4 is 32.7 Å². The molecule has 0 spiro atoms. The van der Waals surface area contributed by atoms with E-state index in [0.29, 0.717) is 11.1 Å². The molecule has 1 aliphatic carbocycles. The van der Waals surface area contributed by atoms with Crippen molar-refractivity contribution in [3.63, 3.8) is 0 Å². The summed E-state index contributed by atoms with van der Waals surface area (Å²) >= 11 is 3.54. The Balaban J connectivity index is 1.34. The molecule has 3 aromatic rings.